The van der Waals surface area contributed by atoms with Crippen LogP contribution in [0.5, 0.6) is 0 Å². The first-order valence-electron chi connectivity index (χ1n) is 7.91. The summed E-state index contributed by atoms with van der Waals surface area (Å²) in [7, 11) is 0. The highest BCUT2D eigenvalue weighted by atomic mass is 79.9. The van der Waals surface area contributed by atoms with E-state index < -0.39 is 12.8 Å². The molecule has 0 unspecified atom stereocenters. The Balaban J connectivity index is 1.73. The first kappa shape index (κ1) is 21.5. The lowest BCUT2D eigenvalue weighted by atomic mass is 10.1. The molecule has 2 rings (SSSR count). The Morgan fingerprint density at radius 2 is 1.67 bits per heavy atom. The van der Waals surface area contributed by atoms with Gasteiger partial charge in [-0.2, -0.15) is 13.2 Å². The molecule has 146 valence electrons. The molecule has 0 heterocycles. The molecule has 0 atom stereocenters. The summed E-state index contributed by atoms with van der Waals surface area (Å²) in [5.74, 6) is 0. The van der Waals surface area contributed by atoms with E-state index in [4.69, 9.17) is 11.6 Å². The summed E-state index contributed by atoms with van der Waals surface area (Å²) in [6.07, 6.45) is -4.34. The largest absolute Gasteiger partial charge is 0.411 e. The molecular weight excluding hydrogens is 449 g/mol. The van der Waals surface area contributed by atoms with Gasteiger partial charge >= 0.3 is 12.2 Å². The molecule has 0 aliphatic carbocycles. The van der Waals surface area contributed by atoms with Gasteiger partial charge in [0.2, 0.25) is 0 Å². The van der Waals surface area contributed by atoms with Crippen molar-refractivity contribution < 1.29 is 22.7 Å². The molecule has 0 fully saturated rings. The second-order valence-corrected chi connectivity index (χ2v) is 7.02. The molecule has 0 aliphatic rings. The van der Waals surface area contributed by atoms with Crippen LogP contribution in [-0.4, -0.2) is 18.8 Å². The van der Waals surface area contributed by atoms with E-state index in [1.165, 1.54) is 0 Å². The lowest BCUT2D eigenvalue weighted by Gasteiger charge is -2.10. The van der Waals surface area contributed by atoms with Crippen molar-refractivity contribution >= 4 is 33.6 Å². The highest BCUT2D eigenvalue weighted by Gasteiger charge is 2.27. The molecule has 0 radical (unpaired) electrons. The van der Waals surface area contributed by atoms with E-state index in [9.17, 15) is 18.0 Å². The van der Waals surface area contributed by atoms with Gasteiger partial charge in [0, 0.05) is 22.6 Å². The molecule has 0 aliphatic heterocycles. The molecule has 2 N–H and O–H groups in total. The Labute approximate surface area is 168 Å². The second-order valence-electron chi connectivity index (χ2n) is 5.70. The zero-order valence-corrected chi connectivity index (χ0v) is 16.4. The summed E-state index contributed by atoms with van der Waals surface area (Å²) in [5, 5.41) is 5.96. The van der Waals surface area contributed by atoms with Crippen LogP contribution in [0.3, 0.4) is 0 Å². The average Bonchev–Trinajstić information content (AvgIpc) is 2.59. The van der Waals surface area contributed by atoms with E-state index in [0.717, 1.165) is 15.6 Å². The molecule has 2 amide bonds. The van der Waals surface area contributed by atoms with E-state index in [0.29, 0.717) is 10.6 Å². The molecule has 2 aromatic rings. The number of urea groups is 1. The Bertz CT molecular complexity index is 770. The fourth-order valence-corrected chi connectivity index (χ4v) is 2.86. The third-order valence-corrected chi connectivity index (χ3v) is 4.31. The van der Waals surface area contributed by atoms with E-state index in [2.05, 4.69) is 31.3 Å². The Kier molecular flexibility index (Phi) is 7.94. The maximum atomic E-state index is 12.0. The van der Waals surface area contributed by atoms with Gasteiger partial charge in [-0.3, -0.25) is 0 Å². The fourth-order valence-electron chi connectivity index (χ4n) is 2.12. The number of alkyl halides is 3. The van der Waals surface area contributed by atoms with Crippen molar-refractivity contribution in [2.75, 3.05) is 6.61 Å². The van der Waals surface area contributed by atoms with Crippen LogP contribution >= 0.6 is 27.5 Å². The zero-order valence-electron chi connectivity index (χ0n) is 14.1. The summed E-state index contributed by atoms with van der Waals surface area (Å²) in [5.41, 5.74) is 2.22. The molecule has 4 nitrogen and oxygen atoms in total. The minimum atomic E-state index is -4.34. The lowest BCUT2D eigenvalue weighted by molar-refractivity contribution is -0.176. The van der Waals surface area contributed by atoms with E-state index in [-0.39, 0.29) is 25.7 Å². The van der Waals surface area contributed by atoms with Crippen LogP contribution in [0.1, 0.15) is 16.7 Å². The maximum absolute atomic E-state index is 12.0. The summed E-state index contributed by atoms with van der Waals surface area (Å²) < 4.78 is 41.5. The number of ether oxygens (including phenoxy) is 1. The molecule has 0 saturated carbocycles. The minimum Gasteiger partial charge on any atom is -0.367 e. The lowest BCUT2D eigenvalue weighted by Crippen LogP contribution is -2.34. The van der Waals surface area contributed by atoms with Crippen LogP contribution in [0, 0.1) is 0 Å². The van der Waals surface area contributed by atoms with Crippen molar-refractivity contribution in [3.63, 3.8) is 0 Å². The molecule has 0 saturated heterocycles. The second kappa shape index (κ2) is 9.96. The van der Waals surface area contributed by atoms with Crippen molar-refractivity contribution in [3.8, 4) is 0 Å². The first-order valence-corrected chi connectivity index (χ1v) is 9.08. The van der Waals surface area contributed by atoms with Gasteiger partial charge in [-0.15, -0.1) is 0 Å². The van der Waals surface area contributed by atoms with Crippen molar-refractivity contribution in [2.45, 2.75) is 25.9 Å². The summed E-state index contributed by atoms with van der Waals surface area (Å²) >= 11 is 9.40. The van der Waals surface area contributed by atoms with Crippen molar-refractivity contribution in [1.29, 1.82) is 0 Å². The normalized spacial score (nSPS) is 11.3. The van der Waals surface area contributed by atoms with Crippen LogP contribution in [-0.2, 0) is 24.4 Å². The zero-order chi connectivity index (χ0) is 19.9. The molecule has 27 heavy (non-hydrogen) atoms. The van der Waals surface area contributed by atoms with Crippen LogP contribution in [0.4, 0.5) is 18.0 Å². The molecule has 2 aromatic carbocycles. The van der Waals surface area contributed by atoms with Gasteiger partial charge in [-0.25, -0.2) is 4.79 Å². The van der Waals surface area contributed by atoms with Gasteiger partial charge in [0.15, 0.2) is 0 Å². The molecular formula is C18H17BrClF3N2O2. The third-order valence-electron chi connectivity index (χ3n) is 3.47. The number of hydrogen-bond acceptors (Lipinski definition) is 2. The van der Waals surface area contributed by atoms with E-state index in [1.807, 2.05) is 12.1 Å². The van der Waals surface area contributed by atoms with Gasteiger partial charge in [0.25, 0.3) is 0 Å². The van der Waals surface area contributed by atoms with Crippen LogP contribution in [0.25, 0.3) is 0 Å². The Morgan fingerprint density at radius 1 is 1.04 bits per heavy atom. The van der Waals surface area contributed by atoms with Gasteiger partial charge in [-0.1, -0.05) is 57.9 Å². The van der Waals surface area contributed by atoms with Crippen molar-refractivity contribution in [2.24, 2.45) is 0 Å². The minimum absolute atomic E-state index is 0.123. The highest BCUT2D eigenvalue weighted by Crippen LogP contribution is 2.21. The first-order chi connectivity index (χ1) is 12.7. The Hall–Kier alpha value is -1.77. The fraction of sp³-hybridized carbons (Fsp3) is 0.278. The molecule has 9 heteroatoms. The van der Waals surface area contributed by atoms with Gasteiger partial charge in [0.05, 0.1) is 6.61 Å². The predicted octanol–water partition coefficient (Wildman–Crippen LogP) is 5.18. The number of benzene rings is 2. The topological polar surface area (TPSA) is 50.4 Å². The summed E-state index contributed by atoms with van der Waals surface area (Å²) in [4.78, 5) is 11.9. The van der Waals surface area contributed by atoms with Gasteiger partial charge < -0.3 is 15.4 Å². The quantitative estimate of drug-likeness (QED) is 0.592. The number of rotatable bonds is 7. The Morgan fingerprint density at radius 3 is 2.30 bits per heavy atom. The number of hydrogen-bond donors (Lipinski definition) is 2. The number of halogens is 5. The van der Waals surface area contributed by atoms with Crippen LogP contribution < -0.4 is 10.6 Å². The van der Waals surface area contributed by atoms with E-state index >= 15 is 0 Å². The average molecular weight is 466 g/mol. The summed E-state index contributed by atoms with van der Waals surface area (Å²) in [6, 6.07) is 11.8. The highest BCUT2D eigenvalue weighted by molar-refractivity contribution is 9.10. The summed E-state index contributed by atoms with van der Waals surface area (Å²) in [6.45, 7) is -0.836. The smallest absolute Gasteiger partial charge is 0.367 e. The number of carbonyl (C=O) groups is 1. The number of amides is 2. The standard InChI is InChI=1S/C18H17BrClF3N2O2/c19-15-6-5-14(16(20)7-15)9-25-17(26)24-8-12-1-3-13(4-2-12)10-27-11-18(21,22)23/h1-7H,8-11H2,(H2,24,25,26). The predicted molar refractivity (Wildman–Crippen MR) is 100 cm³/mol. The third kappa shape index (κ3) is 8.19. The van der Waals surface area contributed by atoms with Crippen molar-refractivity contribution in [3.05, 3.63) is 68.7 Å². The monoisotopic (exact) mass is 464 g/mol. The number of carbonyl (C=O) groups excluding carboxylic acids is 1. The SMILES string of the molecule is O=C(NCc1ccc(COCC(F)(F)F)cc1)NCc1ccc(Br)cc1Cl. The molecule has 0 bridgehead atoms. The molecule has 0 spiro atoms. The van der Waals surface area contributed by atoms with Gasteiger partial charge in [0.1, 0.15) is 6.61 Å². The van der Waals surface area contributed by atoms with Crippen LogP contribution in [0.2, 0.25) is 5.02 Å². The van der Waals surface area contributed by atoms with E-state index in [1.54, 1.807) is 30.3 Å². The maximum Gasteiger partial charge on any atom is 0.411 e. The molecule has 0 aromatic heterocycles. The van der Waals surface area contributed by atoms with Crippen LogP contribution in [0.15, 0.2) is 46.9 Å². The number of nitrogens with one attached hydrogen (secondary N) is 2. The van der Waals surface area contributed by atoms with Gasteiger partial charge in [-0.05, 0) is 28.8 Å². The van der Waals surface area contributed by atoms with Crippen molar-refractivity contribution in [1.82, 2.24) is 10.6 Å².